The Hall–Kier alpha value is -0.410. The van der Waals surface area contributed by atoms with Gasteiger partial charge in [-0.2, -0.15) is 0 Å². The quantitative estimate of drug-likeness (QED) is 0.749. The molecule has 15 heavy (non-hydrogen) atoms. The third kappa shape index (κ3) is 2.79. The summed E-state index contributed by atoms with van der Waals surface area (Å²) in [7, 11) is 0. The van der Waals surface area contributed by atoms with Gasteiger partial charge < -0.3 is 10.1 Å². The van der Waals surface area contributed by atoms with Crippen LogP contribution in [0.25, 0.3) is 0 Å². The van der Waals surface area contributed by atoms with Gasteiger partial charge in [-0.15, -0.1) is 0 Å². The molecule has 2 fully saturated rings. The summed E-state index contributed by atoms with van der Waals surface area (Å²) in [5.41, 5.74) is 0. The maximum absolute atomic E-state index is 12.1. The molecular weight excluding hydrogens is 190 g/mol. The van der Waals surface area contributed by atoms with Gasteiger partial charge in [-0.05, 0) is 18.8 Å². The van der Waals surface area contributed by atoms with Crippen molar-refractivity contribution in [2.45, 2.75) is 38.6 Å². The zero-order valence-electron chi connectivity index (χ0n) is 9.50. The minimum Gasteiger partial charge on any atom is -0.378 e. The average molecular weight is 211 g/mol. The van der Waals surface area contributed by atoms with Crippen molar-refractivity contribution in [2.24, 2.45) is 11.8 Å². The van der Waals surface area contributed by atoms with E-state index in [9.17, 15) is 4.79 Å². The first-order valence-electron chi connectivity index (χ1n) is 6.12. The fourth-order valence-corrected chi connectivity index (χ4v) is 2.58. The summed E-state index contributed by atoms with van der Waals surface area (Å²) in [6.07, 6.45) is 4.59. The Bertz CT molecular complexity index is 216. The summed E-state index contributed by atoms with van der Waals surface area (Å²) in [5.74, 6) is 1.49. The molecule has 1 atom stereocenters. The molecule has 1 heterocycles. The summed E-state index contributed by atoms with van der Waals surface area (Å²) in [6.45, 7) is 4.42. The van der Waals surface area contributed by atoms with Crippen molar-refractivity contribution < 1.29 is 9.53 Å². The lowest BCUT2D eigenvalue weighted by Crippen LogP contribution is -2.49. The molecule has 0 radical (unpaired) electrons. The molecule has 0 bridgehead atoms. The van der Waals surface area contributed by atoms with Gasteiger partial charge in [0.2, 0.25) is 0 Å². The lowest BCUT2D eigenvalue weighted by molar-refractivity contribution is -0.128. The van der Waals surface area contributed by atoms with Crippen molar-refractivity contribution in [2.75, 3.05) is 19.8 Å². The first-order valence-corrected chi connectivity index (χ1v) is 6.12. The second-order valence-electron chi connectivity index (χ2n) is 4.94. The molecule has 1 saturated carbocycles. The summed E-state index contributed by atoms with van der Waals surface area (Å²) < 4.78 is 5.33. The van der Waals surface area contributed by atoms with Crippen LogP contribution in [0.1, 0.15) is 32.6 Å². The molecule has 86 valence electrons. The molecule has 0 aromatic heterocycles. The highest BCUT2D eigenvalue weighted by Crippen LogP contribution is 2.29. The Kier molecular flexibility index (Phi) is 3.76. The molecule has 1 aliphatic carbocycles. The van der Waals surface area contributed by atoms with Crippen LogP contribution in [0, 0.1) is 11.8 Å². The highest BCUT2D eigenvalue weighted by Gasteiger charge is 2.30. The highest BCUT2D eigenvalue weighted by atomic mass is 16.5. The smallest absolute Gasteiger partial charge is 0.155 e. The molecule has 1 N–H and O–H groups in total. The molecule has 0 aromatic carbocycles. The van der Waals surface area contributed by atoms with E-state index in [1.54, 1.807) is 0 Å². The normalized spacial score (nSPS) is 37.5. The Labute approximate surface area is 91.6 Å². The van der Waals surface area contributed by atoms with Crippen LogP contribution >= 0.6 is 0 Å². The van der Waals surface area contributed by atoms with Crippen LogP contribution < -0.4 is 5.32 Å². The van der Waals surface area contributed by atoms with Crippen molar-refractivity contribution in [1.29, 1.82) is 0 Å². The molecule has 3 heteroatoms. The maximum Gasteiger partial charge on any atom is 0.155 e. The lowest BCUT2D eigenvalue weighted by Gasteiger charge is -2.30. The lowest BCUT2D eigenvalue weighted by atomic mass is 9.79. The molecule has 3 nitrogen and oxygen atoms in total. The minimum absolute atomic E-state index is 0.0304. The van der Waals surface area contributed by atoms with Gasteiger partial charge in [0.25, 0.3) is 0 Å². The van der Waals surface area contributed by atoms with Crippen molar-refractivity contribution in [3.8, 4) is 0 Å². The summed E-state index contributed by atoms with van der Waals surface area (Å²) in [5, 5.41) is 3.25. The average Bonchev–Trinajstić information content (AvgIpc) is 2.30. The van der Waals surface area contributed by atoms with Gasteiger partial charge in [0.1, 0.15) is 0 Å². The van der Waals surface area contributed by atoms with Crippen LogP contribution in [0.15, 0.2) is 0 Å². The number of rotatable bonds is 2. The van der Waals surface area contributed by atoms with E-state index in [2.05, 4.69) is 12.2 Å². The van der Waals surface area contributed by atoms with Gasteiger partial charge in [-0.3, -0.25) is 4.79 Å². The Morgan fingerprint density at radius 3 is 2.60 bits per heavy atom. The third-order valence-corrected chi connectivity index (χ3v) is 3.68. The first kappa shape index (κ1) is 11.1. The van der Waals surface area contributed by atoms with Crippen molar-refractivity contribution in [3.05, 3.63) is 0 Å². The topological polar surface area (TPSA) is 38.3 Å². The number of hydrogen-bond donors (Lipinski definition) is 1. The standard InChI is InChI=1S/C12H21NO2/c1-9-2-4-10(5-3-9)12(14)11-8-15-7-6-13-11/h9-11,13H,2-8H2,1H3. The van der Waals surface area contributed by atoms with E-state index >= 15 is 0 Å². The third-order valence-electron chi connectivity index (χ3n) is 3.68. The van der Waals surface area contributed by atoms with E-state index in [1.807, 2.05) is 0 Å². The minimum atomic E-state index is -0.0304. The molecule has 2 rings (SSSR count). The van der Waals surface area contributed by atoms with Crippen LogP contribution in [0.4, 0.5) is 0 Å². The first-order chi connectivity index (χ1) is 7.27. The fraction of sp³-hybridized carbons (Fsp3) is 0.917. The number of morpholine rings is 1. The van der Waals surface area contributed by atoms with Gasteiger partial charge in [-0.25, -0.2) is 0 Å². The maximum atomic E-state index is 12.1. The Morgan fingerprint density at radius 2 is 2.00 bits per heavy atom. The molecular formula is C12H21NO2. The number of carbonyl (C=O) groups excluding carboxylic acids is 1. The zero-order valence-corrected chi connectivity index (χ0v) is 9.50. The molecule has 1 saturated heterocycles. The number of ether oxygens (including phenoxy) is 1. The van der Waals surface area contributed by atoms with E-state index in [0.29, 0.717) is 18.3 Å². The van der Waals surface area contributed by atoms with Crippen LogP contribution in [0.2, 0.25) is 0 Å². The van der Waals surface area contributed by atoms with Crippen molar-refractivity contribution in [1.82, 2.24) is 5.32 Å². The van der Waals surface area contributed by atoms with E-state index in [4.69, 9.17) is 4.74 Å². The van der Waals surface area contributed by atoms with Gasteiger partial charge in [0, 0.05) is 12.5 Å². The molecule has 0 amide bonds. The van der Waals surface area contributed by atoms with Crippen molar-refractivity contribution in [3.63, 3.8) is 0 Å². The summed E-state index contributed by atoms with van der Waals surface area (Å²) >= 11 is 0. The monoisotopic (exact) mass is 211 g/mol. The van der Waals surface area contributed by atoms with Crippen LogP contribution in [-0.2, 0) is 9.53 Å². The SMILES string of the molecule is CC1CCC(C(=O)C2COCCN2)CC1. The molecule has 0 aromatic rings. The van der Waals surface area contributed by atoms with Crippen LogP contribution in [0.3, 0.4) is 0 Å². The Balaban J connectivity index is 1.84. The number of Topliss-reactive ketones (excluding diaryl/α,β-unsaturated/α-hetero) is 1. The summed E-state index contributed by atoms with van der Waals surface area (Å²) in [4.78, 5) is 12.1. The van der Waals surface area contributed by atoms with E-state index in [0.717, 1.165) is 31.9 Å². The number of ketones is 1. The molecule has 0 spiro atoms. The predicted octanol–water partition coefficient (Wildman–Crippen LogP) is 1.37. The number of carbonyl (C=O) groups is 1. The van der Waals surface area contributed by atoms with E-state index in [1.165, 1.54) is 12.8 Å². The van der Waals surface area contributed by atoms with Crippen LogP contribution in [0.5, 0.6) is 0 Å². The number of hydrogen-bond acceptors (Lipinski definition) is 3. The molecule has 1 aliphatic heterocycles. The second-order valence-corrected chi connectivity index (χ2v) is 4.94. The molecule has 2 aliphatic rings. The van der Waals surface area contributed by atoms with E-state index < -0.39 is 0 Å². The molecule has 1 unspecified atom stereocenters. The van der Waals surface area contributed by atoms with Crippen LogP contribution in [-0.4, -0.2) is 31.6 Å². The van der Waals surface area contributed by atoms with Crippen molar-refractivity contribution >= 4 is 5.78 Å². The largest absolute Gasteiger partial charge is 0.378 e. The van der Waals surface area contributed by atoms with Gasteiger partial charge in [0.05, 0.1) is 19.3 Å². The van der Waals surface area contributed by atoms with Gasteiger partial charge >= 0.3 is 0 Å². The predicted molar refractivity (Wildman–Crippen MR) is 58.7 cm³/mol. The Morgan fingerprint density at radius 1 is 1.27 bits per heavy atom. The highest BCUT2D eigenvalue weighted by molar-refractivity contribution is 5.86. The summed E-state index contributed by atoms with van der Waals surface area (Å²) in [6, 6.07) is -0.0304. The van der Waals surface area contributed by atoms with E-state index in [-0.39, 0.29) is 6.04 Å². The van der Waals surface area contributed by atoms with Gasteiger partial charge in [-0.1, -0.05) is 19.8 Å². The number of nitrogens with one attached hydrogen (secondary N) is 1. The second kappa shape index (κ2) is 5.08. The zero-order chi connectivity index (χ0) is 10.7. The van der Waals surface area contributed by atoms with Gasteiger partial charge in [0.15, 0.2) is 5.78 Å². The fourth-order valence-electron chi connectivity index (χ4n) is 2.58.